The molecule has 13 heteroatoms. The fraction of sp³-hybridized carbons (Fsp3) is 0.474. The lowest BCUT2D eigenvalue weighted by molar-refractivity contribution is 0.00639. The van der Waals surface area contributed by atoms with Crippen molar-refractivity contribution in [1.29, 1.82) is 0 Å². The second-order valence-corrected chi connectivity index (χ2v) is 23.1. The zero-order chi connectivity index (χ0) is 37.3. The van der Waals surface area contributed by atoms with Crippen LogP contribution in [0.2, 0.25) is 25.7 Å². The van der Waals surface area contributed by atoms with E-state index in [-0.39, 0.29) is 11.1 Å². The third-order valence-corrected chi connectivity index (χ3v) is 10.9. The molecule has 0 spiro atoms. The summed E-state index contributed by atoms with van der Waals surface area (Å²) in [4.78, 5) is 27.3. The molecule has 0 N–H and O–H groups in total. The number of ether oxygens (including phenoxy) is 2. The summed E-state index contributed by atoms with van der Waals surface area (Å²) in [5.41, 5.74) is 3.83. The average Bonchev–Trinajstić information content (AvgIpc) is 3.61. The third-order valence-electron chi connectivity index (χ3n) is 8.11. The summed E-state index contributed by atoms with van der Waals surface area (Å²) >= 11 is 1.60. The van der Waals surface area contributed by atoms with E-state index in [0.29, 0.717) is 36.4 Å². The van der Waals surface area contributed by atoms with Crippen molar-refractivity contribution in [1.82, 2.24) is 29.9 Å². The number of rotatable bonds is 12. The number of pyridine rings is 1. The van der Waals surface area contributed by atoms with Gasteiger partial charge >= 0.3 is 5.97 Å². The Balaban J connectivity index is 1.48. The van der Waals surface area contributed by atoms with Crippen LogP contribution in [0.3, 0.4) is 0 Å². The van der Waals surface area contributed by atoms with Crippen molar-refractivity contribution >= 4 is 58.2 Å². The van der Waals surface area contributed by atoms with E-state index < -0.39 is 19.6 Å². The predicted molar refractivity (Wildman–Crippen MR) is 210 cm³/mol. The number of carbonyl (C=O) groups excluding carboxylic acids is 1. The molecule has 11 nitrogen and oxygen atoms in total. The minimum Gasteiger partial charge on any atom is -0.455 e. The van der Waals surface area contributed by atoms with Crippen LogP contribution in [0.15, 0.2) is 48.7 Å². The smallest absolute Gasteiger partial charge is 0.358 e. The van der Waals surface area contributed by atoms with E-state index in [2.05, 4.69) is 56.7 Å². The first kappa shape index (κ1) is 38.0. The summed E-state index contributed by atoms with van der Waals surface area (Å²) < 4.78 is 15.1. The first-order valence-corrected chi connectivity index (χ1v) is 21.9. The minimum atomic E-state index is -1.26. The Kier molecular flexibility index (Phi) is 11.0. The van der Waals surface area contributed by atoms with Crippen LogP contribution in [0.5, 0.6) is 0 Å². The standard InChI is InChI=1S/C38H52N8O3SSi/c1-25-21-32(42-43-34(25)45(24-48-19-20-51(10,11)12)36-40-29-15-13-14-16-30(29)50-36)44(9)31-18-17-27(33(41-31)35(47)49-38(6,7)8)28-22-39-46(26(28)2)23-37(3,4)5/h13-18,21-22H,19-20,23-24H2,1-12H3. The molecular weight excluding hydrogens is 677 g/mol. The summed E-state index contributed by atoms with van der Waals surface area (Å²) in [6, 6.07) is 14.9. The van der Waals surface area contributed by atoms with Crippen molar-refractivity contribution in [2.75, 3.05) is 30.2 Å². The Morgan fingerprint density at radius 1 is 0.941 bits per heavy atom. The monoisotopic (exact) mass is 728 g/mol. The third kappa shape index (κ3) is 9.57. The van der Waals surface area contributed by atoms with Crippen molar-refractivity contribution in [3.8, 4) is 11.1 Å². The second-order valence-electron chi connectivity index (χ2n) is 16.4. The van der Waals surface area contributed by atoms with Gasteiger partial charge in [0, 0.05) is 45.1 Å². The van der Waals surface area contributed by atoms with E-state index in [1.165, 1.54) is 0 Å². The van der Waals surface area contributed by atoms with Crippen molar-refractivity contribution in [3.05, 3.63) is 65.6 Å². The summed E-state index contributed by atoms with van der Waals surface area (Å²) in [7, 11) is 0.599. The fourth-order valence-electron chi connectivity index (χ4n) is 5.38. The number of benzene rings is 1. The van der Waals surface area contributed by atoms with Crippen LogP contribution in [0.1, 0.15) is 63.3 Å². The number of hydrogen-bond donors (Lipinski definition) is 0. The van der Waals surface area contributed by atoms with E-state index in [1.54, 1.807) is 17.5 Å². The highest BCUT2D eigenvalue weighted by atomic mass is 32.1. The van der Waals surface area contributed by atoms with E-state index >= 15 is 0 Å². The van der Waals surface area contributed by atoms with Crippen molar-refractivity contribution in [2.24, 2.45) is 5.41 Å². The average molecular weight is 729 g/mol. The fourth-order valence-corrected chi connectivity index (χ4v) is 7.10. The van der Waals surface area contributed by atoms with Crippen LogP contribution < -0.4 is 9.80 Å². The van der Waals surface area contributed by atoms with Gasteiger partial charge in [0.15, 0.2) is 22.5 Å². The van der Waals surface area contributed by atoms with Gasteiger partial charge in [0.1, 0.15) is 18.1 Å². The highest BCUT2D eigenvalue weighted by Crippen LogP contribution is 2.36. The van der Waals surface area contributed by atoms with Gasteiger partial charge in [-0.1, -0.05) is 63.9 Å². The lowest BCUT2D eigenvalue weighted by Gasteiger charge is -2.25. The van der Waals surface area contributed by atoms with Gasteiger partial charge in [-0.3, -0.25) is 9.58 Å². The molecule has 0 aliphatic heterocycles. The van der Waals surface area contributed by atoms with Gasteiger partial charge in [0.25, 0.3) is 0 Å². The lowest BCUT2D eigenvalue weighted by atomic mass is 9.97. The quantitative estimate of drug-likeness (QED) is 0.0534. The minimum absolute atomic E-state index is 0.0354. The lowest BCUT2D eigenvalue weighted by Crippen LogP contribution is -2.27. The van der Waals surface area contributed by atoms with Gasteiger partial charge in [0.2, 0.25) is 0 Å². The largest absolute Gasteiger partial charge is 0.455 e. The molecule has 0 radical (unpaired) electrons. The molecule has 0 fully saturated rings. The van der Waals surface area contributed by atoms with Crippen molar-refractivity contribution < 1.29 is 14.3 Å². The van der Waals surface area contributed by atoms with Gasteiger partial charge in [-0.25, -0.2) is 14.8 Å². The number of para-hydroxylation sites is 1. The Labute approximate surface area is 307 Å². The van der Waals surface area contributed by atoms with Crippen LogP contribution in [0, 0.1) is 19.3 Å². The second kappa shape index (κ2) is 14.8. The molecule has 4 aromatic heterocycles. The number of esters is 1. The van der Waals surface area contributed by atoms with Crippen molar-refractivity contribution in [3.63, 3.8) is 0 Å². The molecule has 0 atom stereocenters. The van der Waals surface area contributed by atoms with Gasteiger partial charge < -0.3 is 14.4 Å². The summed E-state index contributed by atoms with van der Waals surface area (Å²) in [6.45, 7) is 24.8. The van der Waals surface area contributed by atoms with Gasteiger partial charge in [-0.2, -0.15) is 5.10 Å². The number of carbonyl (C=O) groups is 1. The van der Waals surface area contributed by atoms with Crippen LogP contribution in [0.25, 0.3) is 21.3 Å². The molecule has 272 valence electrons. The highest BCUT2D eigenvalue weighted by Gasteiger charge is 2.27. The van der Waals surface area contributed by atoms with Crippen molar-refractivity contribution in [2.45, 2.75) is 93.2 Å². The molecule has 0 saturated heterocycles. The molecule has 0 unspecified atom stereocenters. The maximum absolute atomic E-state index is 13.7. The molecule has 0 aliphatic rings. The molecule has 0 amide bonds. The number of fused-ring (bicyclic) bond motifs is 1. The Hall–Kier alpha value is -4.20. The molecule has 1 aromatic carbocycles. The maximum Gasteiger partial charge on any atom is 0.358 e. The number of aryl methyl sites for hydroxylation is 1. The number of nitrogens with zero attached hydrogens (tertiary/aromatic N) is 8. The van der Waals surface area contributed by atoms with Crippen LogP contribution in [0.4, 0.5) is 22.6 Å². The van der Waals surface area contributed by atoms with E-state index in [9.17, 15) is 4.79 Å². The summed E-state index contributed by atoms with van der Waals surface area (Å²) in [5, 5.41) is 14.8. The number of anilines is 4. The molecule has 51 heavy (non-hydrogen) atoms. The molecule has 0 saturated carbocycles. The zero-order valence-corrected chi connectivity index (χ0v) is 34.0. The molecule has 4 heterocycles. The normalized spacial score (nSPS) is 12.4. The van der Waals surface area contributed by atoms with Crippen LogP contribution >= 0.6 is 11.3 Å². The number of aromatic nitrogens is 6. The first-order chi connectivity index (χ1) is 23.8. The first-order valence-electron chi connectivity index (χ1n) is 17.4. The Morgan fingerprint density at radius 2 is 1.67 bits per heavy atom. The van der Waals surface area contributed by atoms with Crippen LogP contribution in [-0.2, 0) is 16.0 Å². The topological polar surface area (TPSA) is 111 Å². The molecule has 0 bridgehead atoms. The summed E-state index contributed by atoms with van der Waals surface area (Å²) in [6.07, 6.45) is 1.80. The molecule has 0 aliphatic carbocycles. The molecule has 5 aromatic rings. The highest BCUT2D eigenvalue weighted by molar-refractivity contribution is 7.22. The molecular formula is C38H52N8O3SSi. The number of hydrogen-bond acceptors (Lipinski definition) is 11. The Morgan fingerprint density at radius 3 is 2.31 bits per heavy atom. The van der Waals surface area contributed by atoms with E-state index in [1.807, 2.05) is 92.5 Å². The number of thiazole rings is 1. The maximum atomic E-state index is 13.7. The molecule has 5 rings (SSSR count). The van der Waals surface area contributed by atoms with E-state index in [0.717, 1.165) is 44.8 Å². The predicted octanol–water partition coefficient (Wildman–Crippen LogP) is 9.18. The van der Waals surface area contributed by atoms with Crippen LogP contribution in [-0.4, -0.2) is 70.0 Å². The zero-order valence-electron chi connectivity index (χ0n) is 32.2. The Bertz CT molecular complexity index is 1970. The van der Waals surface area contributed by atoms with Gasteiger partial charge in [0.05, 0.1) is 16.4 Å². The SMILES string of the molecule is Cc1cc(N(C)c2ccc(-c3cnn(CC(C)(C)C)c3C)c(C(=O)OC(C)(C)C)n2)nnc1N(COCC[Si](C)(C)C)c1nc2ccccc2s1. The summed E-state index contributed by atoms with van der Waals surface area (Å²) in [5.74, 6) is 1.26. The van der Waals surface area contributed by atoms with Gasteiger partial charge in [-0.15, -0.1) is 10.2 Å². The van der Waals surface area contributed by atoms with E-state index in [4.69, 9.17) is 24.5 Å². The van der Waals surface area contributed by atoms with Gasteiger partial charge in [-0.05, 0) is 82.0 Å².